The standard InChI is InChI=1S/C4H10O7S2/c5-4(13(9,10)11)2-1-3-12(6,7)8/h4-5H,1-3H2,(H,6,7,8)(H,9,10,11). The molecule has 0 aromatic heterocycles. The van der Waals surface area contributed by atoms with Crippen LogP contribution in [0.5, 0.6) is 0 Å². The van der Waals surface area contributed by atoms with E-state index in [0.29, 0.717) is 0 Å². The molecule has 3 N–H and O–H groups in total. The summed E-state index contributed by atoms with van der Waals surface area (Å²) >= 11 is 0. The molecule has 0 spiro atoms. The molecule has 0 saturated heterocycles. The molecule has 7 nitrogen and oxygen atoms in total. The van der Waals surface area contributed by atoms with Gasteiger partial charge in [-0.3, -0.25) is 9.11 Å². The first kappa shape index (κ1) is 12.8. The van der Waals surface area contributed by atoms with Crippen LogP contribution in [-0.2, 0) is 20.2 Å². The average Bonchev–Trinajstić information content (AvgIpc) is 1.82. The van der Waals surface area contributed by atoms with Gasteiger partial charge >= 0.3 is 0 Å². The second kappa shape index (κ2) is 4.33. The highest BCUT2D eigenvalue weighted by Crippen LogP contribution is 2.04. The molecule has 0 fully saturated rings. The average molecular weight is 234 g/mol. The SMILES string of the molecule is O=S(=O)(O)CCCC(O)S(=O)(=O)O. The van der Waals surface area contributed by atoms with Gasteiger partial charge in [-0.25, -0.2) is 0 Å². The fraction of sp³-hybridized carbons (Fsp3) is 1.00. The Balaban J connectivity index is 3.94. The Bertz CT molecular complexity index is 339. The first-order chi connectivity index (χ1) is 5.63. The van der Waals surface area contributed by atoms with Gasteiger partial charge in [0.2, 0.25) is 0 Å². The highest BCUT2D eigenvalue weighted by Gasteiger charge is 2.19. The Morgan fingerprint density at radius 2 is 1.54 bits per heavy atom. The second-order valence-electron chi connectivity index (χ2n) is 2.40. The van der Waals surface area contributed by atoms with Crippen molar-refractivity contribution in [2.45, 2.75) is 18.3 Å². The molecule has 1 unspecified atom stereocenters. The van der Waals surface area contributed by atoms with Crippen molar-refractivity contribution in [1.82, 2.24) is 0 Å². The van der Waals surface area contributed by atoms with Crippen LogP contribution in [0.3, 0.4) is 0 Å². The molecule has 0 aromatic carbocycles. The Kier molecular flexibility index (Phi) is 4.26. The van der Waals surface area contributed by atoms with Crippen molar-refractivity contribution in [1.29, 1.82) is 0 Å². The van der Waals surface area contributed by atoms with E-state index in [9.17, 15) is 16.8 Å². The molecule has 0 aliphatic carbocycles. The van der Waals surface area contributed by atoms with Crippen LogP contribution >= 0.6 is 0 Å². The van der Waals surface area contributed by atoms with E-state index in [1.54, 1.807) is 0 Å². The lowest BCUT2D eigenvalue weighted by Crippen LogP contribution is -2.20. The number of aliphatic hydroxyl groups excluding tert-OH is 1. The van der Waals surface area contributed by atoms with E-state index in [1.165, 1.54) is 0 Å². The minimum absolute atomic E-state index is 0.250. The monoisotopic (exact) mass is 234 g/mol. The largest absolute Gasteiger partial charge is 0.375 e. The van der Waals surface area contributed by atoms with Gasteiger partial charge in [-0.05, 0) is 12.8 Å². The van der Waals surface area contributed by atoms with Crippen LogP contribution in [0.15, 0.2) is 0 Å². The highest BCUT2D eigenvalue weighted by molar-refractivity contribution is 7.86. The zero-order chi connectivity index (χ0) is 10.7. The summed E-state index contributed by atoms with van der Waals surface area (Å²) in [6.07, 6.45) is -0.696. The van der Waals surface area contributed by atoms with E-state index in [1.807, 2.05) is 0 Å². The molecule has 0 rings (SSSR count). The van der Waals surface area contributed by atoms with E-state index in [2.05, 4.69) is 0 Å². The number of aliphatic hydroxyl groups is 1. The zero-order valence-corrected chi connectivity index (χ0v) is 8.12. The lowest BCUT2D eigenvalue weighted by Gasteiger charge is -2.04. The van der Waals surface area contributed by atoms with Crippen molar-refractivity contribution < 1.29 is 31.0 Å². The number of hydrogen-bond donors (Lipinski definition) is 3. The van der Waals surface area contributed by atoms with Gasteiger partial charge in [-0.15, -0.1) is 0 Å². The number of hydrogen-bond acceptors (Lipinski definition) is 5. The Hall–Kier alpha value is -0.220. The van der Waals surface area contributed by atoms with Crippen LogP contribution in [0.2, 0.25) is 0 Å². The number of rotatable bonds is 5. The lowest BCUT2D eigenvalue weighted by molar-refractivity contribution is 0.222. The van der Waals surface area contributed by atoms with Gasteiger partial charge in [-0.2, -0.15) is 16.8 Å². The summed E-state index contributed by atoms with van der Waals surface area (Å²) in [5, 5.41) is 8.67. The Labute approximate surface area is 75.9 Å². The van der Waals surface area contributed by atoms with E-state index >= 15 is 0 Å². The molecule has 0 radical (unpaired) electrons. The minimum Gasteiger partial charge on any atom is -0.375 e. The van der Waals surface area contributed by atoms with E-state index in [4.69, 9.17) is 14.2 Å². The topological polar surface area (TPSA) is 129 Å². The van der Waals surface area contributed by atoms with E-state index < -0.39 is 37.8 Å². The van der Waals surface area contributed by atoms with Gasteiger partial charge in [0.05, 0.1) is 5.75 Å². The molecule has 0 aliphatic heterocycles. The smallest absolute Gasteiger partial charge is 0.291 e. The summed E-state index contributed by atoms with van der Waals surface area (Å²) in [5.41, 5.74) is -2.01. The quantitative estimate of drug-likeness (QED) is 0.513. The second-order valence-corrected chi connectivity index (χ2v) is 5.54. The molecule has 0 heterocycles. The van der Waals surface area contributed by atoms with Crippen LogP contribution in [-0.4, -0.2) is 42.2 Å². The summed E-state index contributed by atoms with van der Waals surface area (Å²) in [6.45, 7) is 0. The first-order valence-electron chi connectivity index (χ1n) is 3.22. The molecular weight excluding hydrogens is 224 g/mol. The fourth-order valence-electron chi connectivity index (χ4n) is 0.589. The third kappa shape index (κ3) is 6.90. The fourth-order valence-corrected chi connectivity index (χ4v) is 1.59. The van der Waals surface area contributed by atoms with Gasteiger partial charge in [0, 0.05) is 0 Å². The minimum atomic E-state index is -4.54. The van der Waals surface area contributed by atoms with Crippen molar-refractivity contribution in [3.05, 3.63) is 0 Å². The maximum atomic E-state index is 10.2. The molecule has 13 heavy (non-hydrogen) atoms. The van der Waals surface area contributed by atoms with E-state index in [0.717, 1.165) is 0 Å². The van der Waals surface area contributed by atoms with Crippen molar-refractivity contribution in [3.8, 4) is 0 Å². The third-order valence-electron chi connectivity index (χ3n) is 1.20. The van der Waals surface area contributed by atoms with Crippen molar-refractivity contribution in [2.75, 3.05) is 5.75 Å². The molecule has 0 amide bonds. The van der Waals surface area contributed by atoms with Gasteiger partial charge in [0.15, 0.2) is 5.44 Å². The predicted octanol–water partition coefficient (Wildman–Crippen LogP) is -1.14. The predicted molar refractivity (Wildman–Crippen MR) is 43.2 cm³/mol. The Morgan fingerprint density at radius 1 is 1.08 bits per heavy atom. The van der Waals surface area contributed by atoms with Gasteiger partial charge < -0.3 is 5.11 Å². The highest BCUT2D eigenvalue weighted by atomic mass is 32.2. The van der Waals surface area contributed by atoms with Gasteiger partial charge in [-0.1, -0.05) is 0 Å². The van der Waals surface area contributed by atoms with Crippen molar-refractivity contribution in [2.24, 2.45) is 0 Å². The van der Waals surface area contributed by atoms with Crippen LogP contribution in [0.25, 0.3) is 0 Å². The Morgan fingerprint density at radius 3 is 1.85 bits per heavy atom. The van der Waals surface area contributed by atoms with Gasteiger partial charge in [0.1, 0.15) is 0 Å². The van der Waals surface area contributed by atoms with Crippen molar-refractivity contribution >= 4 is 20.2 Å². The first-order valence-corrected chi connectivity index (χ1v) is 6.34. The molecule has 0 bridgehead atoms. The summed E-state index contributed by atoms with van der Waals surface area (Å²) in [6, 6.07) is 0. The molecule has 1 atom stereocenters. The normalized spacial score (nSPS) is 15.6. The third-order valence-corrected chi connectivity index (χ3v) is 2.93. The summed E-state index contributed by atoms with van der Waals surface area (Å²) in [5.74, 6) is -0.653. The molecule has 0 saturated carbocycles. The molecule has 80 valence electrons. The van der Waals surface area contributed by atoms with Crippen molar-refractivity contribution in [3.63, 3.8) is 0 Å². The van der Waals surface area contributed by atoms with Gasteiger partial charge in [0.25, 0.3) is 20.2 Å². The molecule has 0 aromatic rings. The molecular formula is C4H10O7S2. The molecule has 0 aliphatic rings. The maximum Gasteiger partial charge on any atom is 0.291 e. The van der Waals surface area contributed by atoms with Crippen LogP contribution in [0.1, 0.15) is 12.8 Å². The maximum absolute atomic E-state index is 10.2. The summed E-state index contributed by atoms with van der Waals surface area (Å²) in [7, 11) is -8.69. The summed E-state index contributed by atoms with van der Waals surface area (Å²) in [4.78, 5) is 0. The van der Waals surface area contributed by atoms with Crippen LogP contribution < -0.4 is 0 Å². The van der Waals surface area contributed by atoms with E-state index in [-0.39, 0.29) is 6.42 Å². The zero-order valence-electron chi connectivity index (χ0n) is 6.49. The summed E-state index contributed by atoms with van der Waals surface area (Å²) < 4.78 is 57.0. The van der Waals surface area contributed by atoms with Crippen LogP contribution in [0.4, 0.5) is 0 Å². The lowest BCUT2D eigenvalue weighted by atomic mass is 10.4. The molecule has 9 heteroatoms. The van der Waals surface area contributed by atoms with Crippen LogP contribution in [0, 0.1) is 0 Å².